The van der Waals surface area contributed by atoms with Gasteiger partial charge in [-0.2, -0.15) is 0 Å². The molecule has 1 radical (unpaired) electrons. The molecule has 1 aliphatic rings. The Balaban J connectivity index is 1.60. The number of halogens is 2. The lowest BCUT2D eigenvalue weighted by Gasteiger charge is -2.18. The second kappa shape index (κ2) is 9.21. The molecule has 5 rings (SSSR count). The van der Waals surface area contributed by atoms with E-state index in [0.717, 1.165) is 29.5 Å². The standard InChI is InChI=1S/C30H27ClFN2O2/c1-30(2,3)15-17-4-9-21(10-5-17)34-27-22-12-19(20-13-24(31)29(36)25(32)14-20)8-11-26(22)33-16-23(27)28(35)18-6-7-18/h4-5,8-16,18,36H,6-7H2,1-3H3,(H,33,34). The van der Waals surface area contributed by atoms with Gasteiger partial charge in [0.2, 0.25) is 0 Å². The van der Waals surface area contributed by atoms with Gasteiger partial charge in [0.05, 0.1) is 21.8 Å². The van der Waals surface area contributed by atoms with Crippen LogP contribution in [0.15, 0.2) is 60.8 Å². The van der Waals surface area contributed by atoms with E-state index in [2.05, 4.69) is 37.5 Å². The van der Waals surface area contributed by atoms with Crippen molar-refractivity contribution in [2.45, 2.75) is 33.6 Å². The van der Waals surface area contributed by atoms with Gasteiger partial charge in [-0.05, 0) is 77.8 Å². The molecule has 0 bridgehead atoms. The predicted molar refractivity (Wildman–Crippen MR) is 143 cm³/mol. The average Bonchev–Trinajstić information content (AvgIpc) is 3.67. The van der Waals surface area contributed by atoms with Gasteiger partial charge in [0, 0.05) is 23.2 Å². The Morgan fingerprint density at radius 3 is 2.44 bits per heavy atom. The van der Waals surface area contributed by atoms with Crippen LogP contribution in [0.2, 0.25) is 5.02 Å². The lowest BCUT2D eigenvalue weighted by molar-refractivity contribution is 0.0968. The molecule has 1 aliphatic carbocycles. The number of nitrogens with zero attached hydrogens (tertiary/aromatic N) is 1. The Hall–Kier alpha value is -3.44. The van der Waals surface area contributed by atoms with Crippen molar-refractivity contribution in [2.75, 3.05) is 5.32 Å². The van der Waals surface area contributed by atoms with Crippen LogP contribution in [-0.2, 0) is 0 Å². The monoisotopic (exact) mass is 501 g/mol. The van der Waals surface area contributed by atoms with Crippen molar-refractivity contribution in [2.24, 2.45) is 11.3 Å². The van der Waals surface area contributed by atoms with Crippen molar-refractivity contribution in [3.05, 3.63) is 89.2 Å². The second-order valence-electron chi connectivity index (χ2n) is 10.5. The Bertz CT molecular complexity index is 1450. The van der Waals surface area contributed by atoms with Gasteiger partial charge >= 0.3 is 0 Å². The summed E-state index contributed by atoms with van der Waals surface area (Å²) >= 11 is 6.03. The minimum Gasteiger partial charge on any atom is -0.504 e. The molecule has 36 heavy (non-hydrogen) atoms. The fraction of sp³-hybridized carbons (Fsp3) is 0.233. The number of aromatic nitrogens is 1. The Morgan fingerprint density at radius 2 is 1.81 bits per heavy atom. The highest BCUT2D eigenvalue weighted by Crippen LogP contribution is 2.39. The van der Waals surface area contributed by atoms with E-state index >= 15 is 0 Å². The number of carbonyl (C=O) groups is 1. The third-order valence-corrected chi connectivity index (χ3v) is 6.50. The molecule has 0 saturated heterocycles. The van der Waals surface area contributed by atoms with Gasteiger partial charge in [-0.3, -0.25) is 9.78 Å². The summed E-state index contributed by atoms with van der Waals surface area (Å²) in [6.45, 7) is 6.47. The predicted octanol–water partition coefficient (Wildman–Crippen LogP) is 8.33. The Labute approximate surface area is 215 Å². The summed E-state index contributed by atoms with van der Waals surface area (Å²) in [5, 5.41) is 13.9. The molecule has 0 spiro atoms. The number of carbonyl (C=O) groups excluding carboxylic acids is 1. The molecule has 1 saturated carbocycles. The van der Waals surface area contributed by atoms with E-state index < -0.39 is 11.6 Å². The zero-order valence-corrected chi connectivity index (χ0v) is 21.2. The van der Waals surface area contributed by atoms with Crippen molar-refractivity contribution in [1.82, 2.24) is 4.98 Å². The van der Waals surface area contributed by atoms with E-state index in [1.54, 1.807) is 6.20 Å². The molecule has 4 nitrogen and oxygen atoms in total. The quantitative estimate of drug-likeness (QED) is 0.261. The van der Waals surface area contributed by atoms with Crippen LogP contribution >= 0.6 is 11.6 Å². The number of phenols is 1. The van der Waals surface area contributed by atoms with Crippen LogP contribution in [0.1, 0.15) is 49.5 Å². The van der Waals surface area contributed by atoms with E-state index in [-0.39, 0.29) is 22.1 Å². The number of Topliss-reactive ketones (excluding diaryl/α,β-unsaturated/α-hetero) is 1. The SMILES string of the molecule is CC(C)(C)[CH]c1ccc(Nc2c(C(=O)C3CC3)cnc3ccc(-c4cc(F)c(O)c(Cl)c4)cc23)cc1. The van der Waals surface area contributed by atoms with E-state index in [0.29, 0.717) is 27.9 Å². The molecule has 1 fully saturated rings. The van der Waals surface area contributed by atoms with Crippen molar-refractivity contribution < 1.29 is 14.3 Å². The number of rotatable bonds is 6. The molecule has 0 unspecified atom stereocenters. The molecule has 0 amide bonds. The molecule has 0 aliphatic heterocycles. The summed E-state index contributed by atoms with van der Waals surface area (Å²) in [5.41, 5.74) is 5.17. The number of hydrogen-bond donors (Lipinski definition) is 2. The van der Waals surface area contributed by atoms with Gasteiger partial charge in [-0.1, -0.05) is 50.6 Å². The first-order valence-corrected chi connectivity index (χ1v) is 12.4. The lowest BCUT2D eigenvalue weighted by atomic mass is 9.88. The van der Waals surface area contributed by atoms with Crippen LogP contribution in [0.3, 0.4) is 0 Å². The van der Waals surface area contributed by atoms with Crippen LogP contribution in [0.25, 0.3) is 22.0 Å². The number of phenolic OH excluding ortho intramolecular Hbond substituents is 1. The van der Waals surface area contributed by atoms with Gasteiger partial charge < -0.3 is 10.4 Å². The first-order valence-electron chi connectivity index (χ1n) is 12.0. The molecule has 1 aromatic heterocycles. The summed E-state index contributed by atoms with van der Waals surface area (Å²) < 4.78 is 14.2. The fourth-order valence-corrected chi connectivity index (χ4v) is 4.51. The zero-order valence-electron chi connectivity index (χ0n) is 20.4. The minimum absolute atomic E-state index is 0.0294. The van der Waals surface area contributed by atoms with Gasteiger partial charge in [0.25, 0.3) is 0 Å². The molecule has 3 aromatic carbocycles. The van der Waals surface area contributed by atoms with Gasteiger partial charge in [-0.25, -0.2) is 4.39 Å². The third-order valence-electron chi connectivity index (χ3n) is 6.21. The van der Waals surface area contributed by atoms with Crippen LogP contribution in [0.4, 0.5) is 15.8 Å². The number of anilines is 2. The molecule has 1 heterocycles. The van der Waals surface area contributed by atoms with Gasteiger partial charge in [0.1, 0.15) is 0 Å². The topological polar surface area (TPSA) is 62.2 Å². The molecule has 2 N–H and O–H groups in total. The zero-order chi connectivity index (χ0) is 25.6. The molecule has 0 atom stereocenters. The first-order chi connectivity index (χ1) is 17.1. The molecule has 6 heteroatoms. The van der Waals surface area contributed by atoms with E-state index in [1.165, 1.54) is 12.1 Å². The third kappa shape index (κ3) is 5.07. The largest absolute Gasteiger partial charge is 0.504 e. The highest BCUT2D eigenvalue weighted by molar-refractivity contribution is 6.32. The second-order valence-corrected chi connectivity index (χ2v) is 10.9. The van der Waals surface area contributed by atoms with Crippen LogP contribution < -0.4 is 5.32 Å². The number of nitrogens with one attached hydrogen (secondary N) is 1. The summed E-state index contributed by atoms with van der Waals surface area (Å²) in [7, 11) is 0. The molecular weight excluding hydrogens is 475 g/mol. The maximum Gasteiger partial charge on any atom is 0.170 e. The number of hydrogen-bond acceptors (Lipinski definition) is 4. The maximum atomic E-state index is 14.2. The van der Waals surface area contributed by atoms with Crippen LogP contribution in [-0.4, -0.2) is 15.9 Å². The van der Waals surface area contributed by atoms with Gasteiger partial charge in [-0.15, -0.1) is 0 Å². The lowest BCUT2D eigenvalue weighted by Crippen LogP contribution is -2.08. The molecule has 183 valence electrons. The summed E-state index contributed by atoms with van der Waals surface area (Å²) in [5.74, 6) is -1.26. The Morgan fingerprint density at radius 1 is 1.08 bits per heavy atom. The first kappa shape index (κ1) is 24.3. The van der Waals surface area contributed by atoms with E-state index in [4.69, 9.17) is 11.6 Å². The smallest absolute Gasteiger partial charge is 0.170 e. The summed E-state index contributed by atoms with van der Waals surface area (Å²) in [4.78, 5) is 17.7. The molecule has 4 aromatic rings. The number of benzene rings is 3. The van der Waals surface area contributed by atoms with Crippen LogP contribution in [0, 0.1) is 23.6 Å². The van der Waals surface area contributed by atoms with Crippen LogP contribution in [0.5, 0.6) is 5.75 Å². The average molecular weight is 502 g/mol. The maximum absolute atomic E-state index is 14.2. The number of fused-ring (bicyclic) bond motifs is 1. The highest BCUT2D eigenvalue weighted by Gasteiger charge is 2.32. The molecular formula is C30H27ClFN2O2. The van der Waals surface area contributed by atoms with Crippen molar-refractivity contribution >= 4 is 39.7 Å². The van der Waals surface area contributed by atoms with Crippen molar-refractivity contribution in [3.8, 4) is 16.9 Å². The number of pyridine rings is 1. The highest BCUT2D eigenvalue weighted by atomic mass is 35.5. The summed E-state index contributed by atoms with van der Waals surface area (Å²) in [6.07, 6.45) is 5.62. The summed E-state index contributed by atoms with van der Waals surface area (Å²) in [6, 6.07) is 16.4. The Kier molecular flexibility index (Phi) is 6.21. The van der Waals surface area contributed by atoms with E-state index in [1.807, 2.05) is 42.5 Å². The van der Waals surface area contributed by atoms with Gasteiger partial charge in [0.15, 0.2) is 17.3 Å². The van der Waals surface area contributed by atoms with Crippen molar-refractivity contribution in [1.29, 1.82) is 0 Å². The number of aromatic hydroxyl groups is 1. The fourth-order valence-electron chi connectivity index (χ4n) is 4.30. The van der Waals surface area contributed by atoms with Crippen molar-refractivity contribution in [3.63, 3.8) is 0 Å². The van der Waals surface area contributed by atoms with E-state index in [9.17, 15) is 14.3 Å². The minimum atomic E-state index is -0.793. The number of ketones is 1. The normalized spacial score (nSPS) is 13.7.